The quantitative estimate of drug-likeness (QED) is 0.928. The molecule has 7 heteroatoms. The fraction of sp³-hybridized carbons (Fsp3) is 0.273. The van der Waals surface area contributed by atoms with Crippen LogP contribution in [0.3, 0.4) is 0 Å². The van der Waals surface area contributed by atoms with E-state index in [-0.39, 0.29) is 5.69 Å². The van der Waals surface area contributed by atoms with Crippen molar-refractivity contribution in [3.63, 3.8) is 0 Å². The van der Waals surface area contributed by atoms with Gasteiger partial charge in [0.05, 0.1) is 0 Å². The Labute approximate surface area is 112 Å². The van der Waals surface area contributed by atoms with Gasteiger partial charge in [0.1, 0.15) is 11.5 Å². The largest absolute Gasteiger partial charge is 0.477 e. The van der Waals surface area contributed by atoms with Gasteiger partial charge in [0.25, 0.3) is 0 Å². The second kappa shape index (κ2) is 5.45. The van der Waals surface area contributed by atoms with Crippen LogP contribution in [0.2, 0.25) is 0 Å². The normalized spacial score (nSPS) is 10.8. The molecule has 0 saturated heterocycles. The Hall–Kier alpha value is -1.47. The van der Waals surface area contributed by atoms with Crippen molar-refractivity contribution in [2.75, 3.05) is 0 Å². The van der Waals surface area contributed by atoms with Crippen molar-refractivity contribution in [3.05, 3.63) is 29.8 Å². The molecule has 5 nitrogen and oxygen atoms in total. The number of hydrogen-bond donors (Lipinski definition) is 1. The molecular formula is C11H11N3O2S2. The van der Waals surface area contributed by atoms with Crippen LogP contribution in [0.1, 0.15) is 36.1 Å². The zero-order chi connectivity index (χ0) is 13.1. The Morgan fingerprint density at radius 1 is 1.50 bits per heavy atom. The van der Waals surface area contributed by atoms with Gasteiger partial charge in [0.2, 0.25) is 0 Å². The Morgan fingerprint density at radius 3 is 2.89 bits per heavy atom. The number of carboxylic acid groups (broad SMARTS) is 1. The highest BCUT2D eigenvalue weighted by Crippen LogP contribution is 2.30. The Kier molecular flexibility index (Phi) is 3.93. The van der Waals surface area contributed by atoms with Gasteiger partial charge in [-0.15, -0.1) is 0 Å². The van der Waals surface area contributed by atoms with Crippen LogP contribution in [0.5, 0.6) is 0 Å². The lowest BCUT2D eigenvalue weighted by atomic mass is 10.2. The summed E-state index contributed by atoms with van der Waals surface area (Å²) in [6, 6.07) is 3.29. The molecule has 0 aliphatic heterocycles. The second-order valence-corrected chi connectivity index (χ2v) is 5.93. The molecule has 2 aromatic rings. The molecule has 2 aromatic heterocycles. The summed E-state index contributed by atoms with van der Waals surface area (Å²) < 4.78 is 5.05. The van der Waals surface area contributed by atoms with E-state index < -0.39 is 5.97 Å². The van der Waals surface area contributed by atoms with E-state index in [4.69, 9.17) is 5.11 Å². The molecule has 0 aliphatic rings. The number of carbonyl (C=O) groups is 1. The van der Waals surface area contributed by atoms with Crippen LogP contribution in [0, 0.1) is 0 Å². The monoisotopic (exact) mass is 281 g/mol. The minimum absolute atomic E-state index is 0.0357. The zero-order valence-electron chi connectivity index (χ0n) is 9.82. The Bertz CT molecular complexity index is 569. The van der Waals surface area contributed by atoms with Crippen LogP contribution in [0.25, 0.3) is 0 Å². The lowest BCUT2D eigenvalue weighted by molar-refractivity contribution is 0.0690. The summed E-state index contributed by atoms with van der Waals surface area (Å²) in [5.41, 5.74) is 0.0357. The Morgan fingerprint density at radius 2 is 2.28 bits per heavy atom. The maximum atomic E-state index is 10.8. The van der Waals surface area contributed by atoms with Gasteiger partial charge >= 0.3 is 5.97 Å². The third kappa shape index (κ3) is 3.05. The molecule has 18 heavy (non-hydrogen) atoms. The van der Waals surface area contributed by atoms with Crippen LogP contribution in [-0.4, -0.2) is 25.4 Å². The molecule has 0 aromatic carbocycles. The van der Waals surface area contributed by atoms with Gasteiger partial charge in [0, 0.05) is 17.0 Å². The maximum absolute atomic E-state index is 10.8. The van der Waals surface area contributed by atoms with Crippen LogP contribution >= 0.6 is 23.3 Å². The van der Waals surface area contributed by atoms with Crippen LogP contribution < -0.4 is 0 Å². The van der Waals surface area contributed by atoms with Crippen molar-refractivity contribution < 1.29 is 9.90 Å². The predicted octanol–water partition coefficient (Wildman–Crippen LogP) is 2.91. The minimum Gasteiger partial charge on any atom is -0.477 e. The predicted molar refractivity (Wildman–Crippen MR) is 69.3 cm³/mol. The van der Waals surface area contributed by atoms with Gasteiger partial charge in [-0.3, -0.25) is 0 Å². The standard InChI is InChI=1S/C11H11N3O2S2/c1-6(2)9-13-11(18-14-9)17-7-3-4-12-8(5-7)10(15)16/h3-6H,1-2H3,(H,15,16). The van der Waals surface area contributed by atoms with E-state index in [9.17, 15) is 4.79 Å². The minimum atomic E-state index is -1.03. The number of aromatic carboxylic acids is 1. The highest BCUT2D eigenvalue weighted by Gasteiger charge is 2.10. The molecule has 0 spiro atoms. The van der Waals surface area contributed by atoms with Crippen molar-refractivity contribution in [1.82, 2.24) is 14.3 Å². The summed E-state index contributed by atoms with van der Waals surface area (Å²) in [7, 11) is 0. The molecule has 2 heterocycles. The first-order valence-electron chi connectivity index (χ1n) is 5.27. The molecule has 1 N–H and O–H groups in total. The molecular weight excluding hydrogens is 270 g/mol. The van der Waals surface area contributed by atoms with Gasteiger partial charge in [-0.1, -0.05) is 25.6 Å². The fourth-order valence-electron chi connectivity index (χ4n) is 1.19. The topological polar surface area (TPSA) is 76.0 Å². The van der Waals surface area contributed by atoms with E-state index in [2.05, 4.69) is 14.3 Å². The number of hydrogen-bond acceptors (Lipinski definition) is 6. The summed E-state index contributed by atoms with van der Waals surface area (Å²) in [5.74, 6) is 0.0789. The molecule has 0 aliphatic carbocycles. The highest BCUT2D eigenvalue weighted by atomic mass is 32.2. The van der Waals surface area contributed by atoms with Crippen LogP contribution in [-0.2, 0) is 0 Å². The average Bonchev–Trinajstić information content (AvgIpc) is 2.78. The van der Waals surface area contributed by atoms with Gasteiger partial charge < -0.3 is 5.11 Å². The number of pyridine rings is 1. The summed E-state index contributed by atoms with van der Waals surface area (Å²) in [6.07, 6.45) is 1.48. The smallest absolute Gasteiger partial charge is 0.354 e. The van der Waals surface area contributed by atoms with Crippen LogP contribution in [0.15, 0.2) is 27.6 Å². The van der Waals surface area contributed by atoms with Crippen molar-refractivity contribution in [2.45, 2.75) is 29.0 Å². The van der Waals surface area contributed by atoms with E-state index in [0.29, 0.717) is 5.92 Å². The summed E-state index contributed by atoms with van der Waals surface area (Å²) in [4.78, 5) is 19.8. The SMILES string of the molecule is CC(C)c1nsc(Sc2ccnc(C(=O)O)c2)n1. The molecule has 94 valence electrons. The van der Waals surface area contributed by atoms with Gasteiger partial charge in [-0.2, -0.15) is 4.37 Å². The summed E-state index contributed by atoms with van der Waals surface area (Å²) >= 11 is 2.72. The highest BCUT2D eigenvalue weighted by molar-refractivity contribution is 8.01. The number of aromatic nitrogens is 3. The molecule has 0 radical (unpaired) electrons. The van der Waals surface area contributed by atoms with E-state index in [1.54, 1.807) is 6.07 Å². The maximum Gasteiger partial charge on any atom is 0.354 e. The third-order valence-electron chi connectivity index (χ3n) is 2.10. The summed E-state index contributed by atoms with van der Waals surface area (Å²) in [5, 5.41) is 8.86. The lowest BCUT2D eigenvalue weighted by Gasteiger charge is -1.98. The third-order valence-corrected chi connectivity index (χ3v) is 3.85. The summed E-state index contributed by atoms with van der Waals surface area (Å²) in [6.45, 7) is 4.07. The fourth-order valence-corrected chi connectivity index (χ4v) is 2.94. The molecule has 0 bridgehead atoms. The first-order chi connectivity index (χ1) is 8.56. The Balaban J connectivity index is 2.17. The molecule has 2 rings (SSSR count). The van der Waals surface area contributed by atoms with E-state index in [1.165, 1.54) is 35.6 Å². The first-order valence-corrected chi connectivity index (χ1v) is 6.86. The molecule has 0 atom stereocenters. The molecule has 0 amide bonds. The van der Waals surface area contributed by atoms with Crippen molar-refractivity contribution >= 4 is 29.3 Å². The molecule has 0 saturated carbocycles. The van der Waals surface area contributed by atoms with Crippen molar-refractivity contribution in [2.24, 2.45) is 0 Å². The van der Waals surface area contributed by atoms with E-state index in [1.807, 2.05) is 13.8 Å². The number of carboxylic acids is 1. The molecule has 0 fully saturated rings. The average molecular weight is 281 g/mol. The van der Waals surface area contributed by atoms with E-state index >= 15 is 0 Å². The van der Waals surface area contributed by atoms with Crippen LogP contribution in [0.4, 0.5) is 0 Å². The number of rotatable bonds is 4. The zero-order valence-corrected chi connectivity index (χ0v) is 11.5. The van der Waals surface area contributed by atoms with Gasteiger partial charge in [-0.25, -0.2) is 14.8 Å². The molecule has 0 unspecified atom stereocenters. The van der Waals surface area contributed by atoms with E-state index in [0.717, 1.165) is 15.1 Å². The van der Waals surface area contributed by atoms with Gasteiger partial charge in [0.15, 0.2) is 4.34 Å². The number of nitrogens with zero attached hydrogens (tertiary/aromatic N) is 3. The second-order valence-electron chi connectivity index (χ2n) is 3.86. The van der Waals surface area contributed by atoms with Crippen molar-refractivity contribution in [3.8, 4) is 0 Å². The lowest BCUT2D eigenvalue weighted by Crippen LogP contribution is -1.99. The first kappa shape index (κ1) is 13.0. The van der Waals surface area contributed by atoms with Crippen molar-refractivity contribution in [1.29, 1.82) is 0 Å². The van der Waals surface area contributed by atoms with Gasteiger partial charge in [-0.05, 0) is 23.7 Å².